The van der Waals surface area contributed by atoms with Gasteiger partial charge in [-0.25, -0.2) is 0 Å². The summed E-state index contributed by atoms with van der Waals surface area (Å²) in [4.78, 5) is 19.3. The summed E-state index contributed by atoms with van der Waals surface area (Å²) in [6.07, 6.45) is 1.07. The molecule has 0 amide bonds. The van der Waals surface area contributed by atoms with Crippen LogP contribution in [0.1, 0.15) is 26.7 Å². The average molecular weight is 267 g/mol. The van der Waals surface area contributed by atoms with Gasteiger partial charge in [0.25, 0.3) is 0 Å². The third-order valence-corrected chi connectivity index (χ3v) is 2.27. The molecule has 0 unspecified atom stereocenters. The van der Waals surface area contributed by atoms with Crippen LogP contribution in [0.25, 0.3) is 0 Å². The van der Waals surface area contributed by atoms with Gasteiger partial charge in [-0.3, -0.25) is 4.79 Å². The van der Waals surface area contributed by atoms with Crippen LogP contribution in [0, 0.1) is 0 Å². The molecule has 0 aliphatic rings. The van der Waals surface area contributed by atoms with Crippen molar-refractivity contribution in [1.29, 1.82) is 0 Å². The summed E-state index contributed by atoms with van der Waals surface area (Å²) in [5, 5.41) is 6.17. The van der Waals surface area contributed by atoms with Gasteiger partial charge in [-0.15, -0.1) is 0 Å². The van der Waals surface area contributed by atoms with Crippen molar-refractivity contribution >= 4 is 23.6 Å². The molecule has 7 nitrogen and oxygen atoms in total. The molecule has 1 aromatic heterocycles. The minimum absolute atomic E-state index is 0.181. The second-order valence-electron chi connectivity index (χ2n) is 3.86. The number of hydrogen-bond donors (Lipinski definition) is 3. The highest BCUT2D eigenvalue weighted by molar-refractivity contribution is 5.69. The van der Waals surface area contributed by atoms with Gasteiger partial charge in [0.2, 0.25) is 5.95 Å². The summed E-state index contributed by atoms with van der Waals surface area (Å²) in [5.41, 5.74) is 5.61. The molecule has 0 aliphatic heterocycles. The highest BCUT2D eigenvalue weighted by atomic mass is 16.5. The highest BCUT2D eigenvalue weighted by Gasteiger charge is 2.03. The average Bonchev–Trinajstić information content (AvgIpc) is 2.35. The van der Waals surface area contributed by atoms with E-state index in [1.54, 1.807) is 13.0 Å². The van der Waals surface area contributed by atoms with Crippen molar-refractivity contribution in [2.45, 2.75) is 26.7 Å². The van der Waals surface area contributed by atoms with E-state index in [-0.39, 0.29) is 11.9 Å². The van der Waals surface area contributed by atoms with Crippen molar-refractivity contribution in [3.05, 3.63) is 6.07 Å². The van der Waals surface area contributed by atoms with Crippen LogP contribution < -0.4 is 16.4 Å². The molecule has 7 heteroatoms. The normalized spacial score (nSPS) is 10.0. The fourth-order valence-corrected chi connectivity index (χ4v) is 1.51. The van der Waals surface area contributed by atoms with Crippen LogP contribution in [0.3, 0.4) is 0 Å². The minimum Gasteiger partial charge on any atom is -0.466 e. The van der Waals surface area contributed by atoms with Crippen LogP contribution in [0.4, 0.5) is 17.6 Å². The summed E-state index contributed by atoms with van der Waals surface area (Å²) in [5.74, 6) is 1.36. The molecule has 0 aliphatic carbocycles. The molecule has 1 rings (SSSR count). The Kier molecular flexibility index (Phi) is 6.42. The smallest absolute Gasteiger partial charge is 0.305 e. The van der Waals surface area contributed by atoms with Crippen molar-refractivity contribution in [1.82, 2.24) is 9.97 Å². The predicted molar refractivity (Wildman–Crippen MR) is 75.0 cm³/mol. The van der Waals surface area contributed by atoms with E-state index in [9.17, 15) is 4.79 Å². The summed E-state index contributed by atoms with van der Waals surface area (Å²) in [6, 6.07) is 1.78. The van der Waals surface area contributed by atoms with E-state index in [4.69, 9.17) is 10.5 Å². The van der Waals surface area contributed by atoms with Gasteiger partial charge in [0.1, 0.15) is 11.6 Å². The zero-order valence-corrected chi connectivity index (χ0v) is 11.4. The van der Waals surface area contributed by atoms with Crippen LogP contribution in [0.2, 0.25) is 0 Å². The van der Waals surface area contributed by atoms with Gasteiger partial charge in [-0.2, -0.15) is 9.97 Å². The van der Waals surface area contributed by atoms with E-state index in [0.29, 0.717) is 37.6 Å². The lowest BCUT2D eigenvalue weighted by Crippen LogP contribution is -2.10. The number of ether oxygens (including phenoxy) is 1. The minimum atomic E-state index is -0.181. The Morgan fingerprint density at radius 2 is 2.00 bits per heavy atom. The summed E-state index contributed by atoms with van der Waals surface area (Å²) in [6.45, 7) is 5.58. The maximum absolute atomic E-state index is 11.1. The molecule has 0 spiro atoms. The van der Waals surface area contributed by atoms with Gasteiger partial charge >= 0.3 is 5.97 Å². The Labute approximate surface area is 113 Å². The first-order chi connectivity index (χ1) is 9.15. The Bertz CT molecular complexity index is 411. The van der Waals surface area contributed by atoms with Crippen LogP contribution in [-0.2, 0) is 9.53 Å². The van der Waals surface area contributed by atoms with Gasteiger partial charge in [0, 0.05) is 25.6 Å². The van der Waals surface area contributed by atoms with Crippen LogP contribution in [0.5, 0.6) is 0 Å². The third-order valence-electron chi connectivity index (χ3n) is 2.27. The number of rotatable bonds is 8. The molecule has 0 aromatic carbocycles. The van der Waals surface area contributed by atoms with Gasteiger partial charge < -0.3 is 21.1 Å². The zero-order valence-electron chi connectivity index (χ0n) is 11.4. The number of aromatic nitrogens is 2. The maximum Gasteiger partial charge on any atom is 0.305 e. The molecule has 1 heterocycles. The summed E-state index contributed by atoms with van der Waals surface area (Å²) >= 11 is 0. The maximum atomic E-state index is 11.1. The van der Waals surface area contributed by atoms with E-state index < -0.39 is 0 Å². The number of carbonyl (C=O) groups is 1. The molecule has 0 saturated carbocycles. The van der Waals surface area contributed by atoms with E-state index in [1.165, 1.54) is 0 Å². The van der Waals surface area contributed by atoms with Gasteiger partial charge in [-0.05, 0) is 20.3 Å². The van der Waals surface area contributed by atoms with Crippen molar-refractivity contribution in [3.8, 4) is 0 Å². The Hall–Kier alpha value is -2.05. The SMILES string of the molecule is CCNc1cc(NCCCC(=O)OCC)nc(N)n1. The first-order valence-corrected chi connectivity index (χ1v) is 6.43. The molecular formula is C12H21N5O2. The second kappa shape index (κ2) is 8.12. The number of nitrogens with zero attached hydrogens (tertiary/aromatic N) is 2. The molecule has 19 heavy (non-hydrogen) atoms. The number of carbonyl (C=O) groups excluding carboxylic acids is 1. The van der Waals surface area contributed by atoms with Crippen LogP contribution in [-0.4, -0.2) is 35.6 Å². The lowest BCUT2D eigenvalue weighted by Gasteiger charge is -2.08. The summed E-state index contributed by atoms with van der Waals surface area (Å²) < 4.78 is 4.84. The third kappa shape index (κ3) is 5.89. The second-order valence-corrected chi connectivity index (χ2v) is 3.86. The van der Waals surface area contributed by atoms with Crippen LogP contribution in [0.15, 0.2) is 6.07 Å². The molecule has 0 atom stereocenters. The quantitative estimate of drug-likeness (QED) is 0.481. The fraction of sp³-hybridized carbons (Fsp3) is 0.583. The Morgan fingerprint density at radius 1 is 1.32 bits per heavy atom. The van der Waals surface area contributed by atoms with Gasteiger partial charge in [-0.1, -0.05) is 0 Å². The van der Waals surface area contributed by atoms with Crippen molar-refractivity contribution in [2.75, 3.05) is 36.1 Å². The van der Waals surface area contributed by atoms with Crippen molar-refractivity contribution < 1.29 is 9.53 Å². The highest BCUT2D eigenvalue weighted by Crippen LogP contribution is 2.12. The zero-order chi connectivity index (χ0) is 14.1. The summed E-state index contributed by atoms with van der Waals surface area (Å²) in [7, 11) is 0. The molecule has 0 radical (unpaired) electrons. The standard InChI is InChI=1S/C12H21N5O2/c1-3-14-9-8-10(17-12(13)16-9)15-7-5-6-11(18)19-4-2/h8H,3-7H2,1-2H3,(H4,13,14,15,16,17). The fourth-order valence-electron chi connectivity index (χ4n) is 1.51. The van der Waals surface area contributed by atoms with Crippen molar-refractivity contribution in [2.24, 2.45) is 0 Å². The first kappa shape index (κ1) is 15.0. The molecule has 106 valence electrons. The number of nitrogen functional groups attached to an aromatic ring is 1. The number of hydrogen-bond acceptors (Lipinski definition) is 7. The molecule has 1 aromatic rings. The van der Waals surface area contributed by atoms with E-state index in [0.717, 1.165) is 6.54 Å². The van der Waals surface area contributed by atoms with E-state index in [1.807, 2.05) is 6.92 Å². The van der Waals surface area contributed by atoms with Crippen LogP contribution >= 0.6 is 0 Å². The molecule has 0 fully saturated rings. The Morgan fingerprint density at radius 3 is 2.63 bits per heavy atom. The number of nitrogens with one attached hydrogen (secondary N) is 2. The van der Waals surface area contributed by atoms with Crippen molar-refractivity contribution in [3.63, 3.8) is 0 Å². The number of anilines is 3. The van der Waals surface area contributed by atoms with E-state index in [2.05, 4.69) is 20.6 Å². The van der Waals surface area contributed by atoms with Gasteiger partial charge in [0.05, 0.1) is 6.61 Å². The molecule has 4 N–H and O–H groups in total. The van der Waals surface area contributed by atoms with Gasteiger partial charge in [0.15, 0.2) is 0 Å². The lowest BCUT2D eigenvalue weighted by atomic mass is 10.3. The molecule has 0 saturated heterocycles. The lowest BCUT2D eigenvalue weighted by molar-refractivity contribution is -0.143. The topological polar surface area (TPSA) is 102 Å². The first-order valence-electron chi connectivity index (χ1n) is 6.43. The Balaban J connectivity index is 2.38. The molecular weight excluding hydrogens is 246 g/mol. The van der Waals surface area contributed by atoms with E-state index >= 15 is 0 Å². The predicted octanol–water partition coefficient (Wildman–Crippen LogP) is 1.25. The number of esters is 1. The monoisotopic (exact) mass is 267 g/mol. The largest absolute Gasteiger partial charge is 0.466 e. The molecule has 0 bridgehead atoms. The number of nitrogens with two attached hydrogens (primary N) is 1.